The van der Waals surface area contributed by atoms with Crippen LogP contribution in [0.2, 0.25) is 0 Å². The van der Waals surface area contributed by atoms with E-state index in [0.717, 1.165) is 29.7 Å². The highest BCUT2D eigenvalue weighted by Gasteiger charge is 2.04. The van der Waals surface area contributed by atoms with Crippen LogP contribution in [-0.4, -0.2) is 18.3 Å². The highest BCUT2D eigenvalue weighted by Crippen LogP contribution is 2.18. The molecule has 0 atom stereocenters. The summed E-state index contributed by atoms with van der Waals surface area (Å²) in [4.78, 5) is 14.4. The number of carbonyl (C=O) groups is 1. The molecule has 1 heterocycles. The maximum atomic E-state index is 10.2. The summed E-state index contributed by atoms with van der Waals surface area (Å²) in [5.74, 6) is 0. The molecule has 1 rings (SSSR count). The number of rotatable bonds is 4. The zero-order valence-corrected chi connectivity index (χ0v) is 8.00. The predicted octanol–water partition coefficient (Wildman–Crippen LogP) is 1.56. The molecule has 0 spiro atoms. The van der Waals surface area contributed by atoms with Gasteiger partial charge in [0.15, 0.2) is 0 Å². The molecule has 13 heavy (non-hydrogen) atoms. The zero-order chi connectivity index (χ0) is 9.68. The van der Waals surface area contributed by atoms with Gasteiger partial charge in [-0.2, -0.15) is 0 Å². The molecule has 0 aliphatic heterocycles. The fourth-order valence-electron chi connectivity index (χ4n) is 1.35. The first-order chi connectivity index (χ1) is 6.29. The van der Waals surface area contributed by atoms with Gasteiger partial charge in [-0.05, 0) is 25.0 Å². The highest BCUT2D eigenvalue weighted by molar-refractivity contribution is 5.55. The summed E-state index contributed by atoms with van der Waals surface area (Å²) in [6.07, 6.45) is 4.03. The van der Waals surface area contributed by atoms with Gasteiger partial charge in [0.1, 0.15) is 6.29 Å². The third kappa shape index (κ3) is 2.28. The van der Waals surface area contributed by atoms with Gasteiger partial charge in [0.2, 0.25) is 0 Å². The summed E-state index contributed by atoms with van der Waals surface area (Å²) in [5.41, 5.74) is 3.19. The molecular weight excluding hydrogens is 164 g/mol. The van der Waals surface area contributed by atoms with Crippen LogP contribution in [0.3, 0.4) is 0 Å². The van der Waals surface area contributed by atoms with Crippen molar-refractivity contribution >= 4 is 12.0 Å². The molecule has 0 saturated heterocycles. The van der Waals surface area contributed by atoms with Gasteiger partial charge in [-0.25, -0.2) is 0 Å². The van der Waals surface area contributed by atoms with Crippen LogP contribution in [0.15, 0.2) is 12.3 Å². The molecule has 3 nitrogen and oxygen atoms in total. The lowest BCUT2D eigenvalue weighted by molar-refractivity contribution is -0.107. The minimum atomic E-state index is 0.557. The molecule has 1 aromatic heterocycles. The summed E-state index contributed by atoms with van der Waals surface area (Å²) < 4.78 is 0. The second-order valence-corrected chi connectivity index (χ2v) is 2.88. The minimum Gasteiger partial charge on any atom is -0.388 e. The molecule has 0 unspecified atom stereocenters. The molecule has 1 aromatic rings. The Balaban J connectivity index is 2.93. The predicted molar refractivity (Wildman–Crippen MR) is 52.9 cm³/mol. The van der Waals surface area contributed by atoms with Crippen LogP contribution in [0.5, 0.6) is 0 Å². The summed E-state index contributed by atoms with van der Waals surface area (Å²) >= 11 is 0. The van der Waals surface area contributed by atoms with Crippen LogP contribution in [-0.2, 0) is 11.2 Å². The molecule has 0 radical (unpaired) electrons. The van der Waals surface area contributed by atoms with Crippen molar-refractivity contribution in [1.29, 1.82) is 0 Å². The fraction of sp³-hybridized carbons (Fsp3) is 0.400. The number of nitrogens with one attached hydrogen (secondary N) is 1. The topological polar surface area (TPSA) is 42.0 Å². The Morgan fingerprint density at radius 2 is 2.38 bits per heavy atom. The number of aldehydes is 1. The van der Waals surface area contributed by atoms with E-state index in [9.17, 15) is 4.79 Å². The van der Waals surface area contributed by atoms with Crippen molar-refractivity contribution in [2.45, 2.75) is 19.8 Å². The molecule has 0 saturated carbocycles. The molecule has 0 aromatic carbocycles. The Morgan fingerprint density at radius 1 is 1.62 bits per heavy atom. The van der Waals surface area contributed by atoms with Gasteiger partial charge in [-0.3, -0.25) is 4.98 Å². The van der Waals surface area contributed by atoms with Gasteiger partial charge in [0.25, 0.3) is 0 Å². The van der Waals surface area contributed by atoms with Gasteiger partial charge < -0.3 is 10.1 Å². The molecule has 3 heteroatoms. The summed E-state index contributed by atoms with van der Waals surface area (Å²) in [5, 5.41) is 3.09. The van der Waals surface area contributed by atoms with Gasteiger partial charge in [-0.15, -0.1) is 0 Å². The van der Waals surface area contributed by atoms with E-state index in [1.165, 1.54) is 0 Å². The Bertz CT molecular complexity index is 297. The average Bonchev–Trinajstić information content (AvgIpc) is 2.15. The number of aromatic nitrogens is 1. The molecule has 0 bridgehead atoms. The molecule has 0 amide bonds. The Kier molecular flexibility index (Phi) is 3.43. The van der Waals surface area contributed by atoms with Crippen molar-refractivity contribution in [2.75, 3.05) is 12.4 Å². The molecule has 1 N–H and O–H groups in total. The van der Waals surface area contributed by atoms with Crippen molar-refractivity contribution in [3.05, 3.63) is 23.5 Å². The Hall–Kier alpha value is -1.38. The molecule has 0 aliphatic rings. The first-order valence-corrected chi connectivity index (χ1v) is 4.35. The lowest BCUT2D eigenvalue weighted by atomic mass is 10.1. The molecular formula is C10H14N2O. The van der Waals surface area contributed by atoms with E-state index in [1.807, 2.05) is 20.0 Å². The smallest absolute Gasteiger partial charge is 0.120 e. The first kappa shape index (κ1) is 9.71. The van der Waals surface area contributed by atoms with E-state index in [-0.39, 0.29) is 0 Å². The highest BCUT2D eigenvalue weighted by atomic mass is 16.1. The molecule has 70 valence electrons. The molecule has 0 aliphatic carbocycles. The number of aryl methyl sites for hydroxylation is 1. The number of carbonyl (C=O) groups excluding carboxylic acids is 1. The average molecular weight is 178 g/mol. The molecule has 0 fully saturated rings. The number of nitrogens with zero attached hydrogens (tertiary/aromatic N) is 1. The van der Waals surface area contributed by atoms with E-state index in [0.29, 0.717) is 6.42 Å². The van der Waals surface area contributed by atoms with Crippen molar-refractivity contribution in [3.63, 3.8) is 0 Å². The van der Waals surface area contributed by atoms with Crippen molar-refractivity contribution in [3.8, 4) is 0 Å². The second-order valence-electron chi connectivity index (χ2n) is 2.88. The Morgan fingerprint density at radius 3 is 3.00 bits per heavy atom. The third-order valence-corrected chi connectivity index (χ3v) is 2.05. The normalized spacial score (nSPS) is 9.69. The van der Waals surface area contributed by atoms with E-state index < -0.39 is 0 Å². The van der Waals surface area contributed by atoms with Crippen molar-refractivity contribution in [1.82, 2.24) is 4.98 Å². The number of anilines is 1. The van der Waals surface area contributed by atoms with Gasteiger partial charge in [-0.1, -0.05) is 0 Å². The van der Waals surface area contributed by atoms with Gasteiger partial charge >= 0.3 is 0 Å². The maximum absolute atomic E-state index is 10.2. The van der Waals surface area contributed by atoms with E-state index in [1.54, 1.807) is 6.20 Å². The standard InChI is InChI=1S/C10H14N2O/c1-8-9(4-3-7-13)10(11-2)5-6-12-8/h5-7H,3-4H2,1-2H3,(H,11,12). The minimum absolute atomic E-state index is 0.557. The zero-order valence-electron chi connectivity index (χ0n) is 8.00. The summed E-state index contributed by atoms with van der Waals surface area (Å²) in [6.45, 7) is 1.96. The van der Waals surface area contributed by atoms with Crippen LogP contribution in [0.1, 0.15) is 17.7 Å². The third-order valence-electron chi connectivity index (χ3n) is 2.05. The first-order valence-electron chi connectivity index (χ1n) is 4.35. The van der Waals surface area contributed by atoms with Crippen LogP contribution in [0.25, 0.3) is 0 Å². The van der Waals surface area contributed by atoms with Gasteiger partial charge in [0, 0.05) is 31.0 Å². The van der Waals surface area contributed by atoms with Crippen LogP contribution in [0.4, 0.5) is 5.69 Å². The lowest BCUT2D eigenvalue weighted by Gasteiger charge is -2.09. The van der Waals surface area contributed by atoms with Crippen LogP contribution in [0, 0.1) is 6.92 Å². The van der Waals surface area contributed by atoms with Crippen molar-refractivity contribution < 1.29 is 4.79 Å². The summed E-state index contributed by atoms with van der Waals surface area (Å²) in [6, 6.07) is 1.92. The SMILES string of the molecule is CNc1ccnc(C)c1CCC=O. The van der Waals surface area contributed by atoms with E-state index in [4.69, 9.17) is 0 Å². The van der Waals surface area contributed by atoms with E-state index >= 15 is 0 Å². The quantitative estimate of drug-likeness (QED) is 0.711. The number of hydrogen-bond donors (Lipinski definition) is 1. The lowest BCUT2D eigenvalue weighted by Crippen LogP contribution is -2.00. The van der Waals surface area contributed by atoms with Crippen molar-refractivity contribution in [2.24, 2.45) is 0 Å². The van der Waals surface area contributed by atoms with Gasteiger partial charge in [0.05, 0.1) is 0 Å². The summed E-state index contributed by atoms with van der Waals surface area (Å²) in [7, 11) is 1.87. The number of pyridine rings is 1. The number of hydrogen-bond acceptors (Lipinski definition) is 3. The second kappa shape index (κ2) is 4.60. The Labute approximate surface area is 78.2 Å². The van der Waals surface area contributed by atoms with Crippen LogP contribution >= 0.6 is 0 Å². The fourth-order valence-corrected chi connectivity index (χ4v) is 1.35. The largest absolute Gasteiger partial charge is 0.388 e. The monoisotopic (exact) mass is 178 g/mol. The van der Waals surface area contributed by atoms with Crippen LogP contribution < -0.4 is 5.32 Å². The maximum Gasteiger partial charge on any atom is 0.120 e. The van der Waals surface area contributed by atoms with E-state index in [2.05, 4.69) is 10.3 Å².